The topological polar surface area (TPSA) is 43.4 Å². The van der Waals surface area contributed by atoms with Gasteiger partial charge in [0.15, 0.2) is 0 Å². The van der Waals surface area contributed by atoms with E-state index < -0.39 is 15.6 Å². The molecule has 3 nitrogen and oxygen atoms in total. The standard InChI is InChI=1S/C10H15F3O3S/c11-10(12,13)17(14,15)16-7-8-1-3-9(4-2-8)5-6-9/h8H,1-7H2. The SMILES string of the molecule is O=S(=O)(OCC1CCC2(CC1)CC2)C(F)(F)F. The van der Waals surface area contributed by atoms with Gasteiger partial charge in [0.25, 0.3) is 0 Å². The molecule has 2 aliphatic rings. The highest BCUT2D eigenvalue weighted by atomic mass is 32.2. The molecule has 0 aliphatic heterocycles. The van der Waals surface area contributed by atoms with E-state index in [2.05, 4.69) is 4.18 Å². The highest BCUT2D eigenvalue weighted by molar-refractivity contribution is 7.87. The average Bonchev–Trinajstić information content (AvgIpc) is 2.96. The predicted molar refractivity (Wildman–Crippen MR) is 54.6 cm³/mol. The smallest absolute Gasteiger partial charge is 0.263 e. The van der Waals surface area contributed by atoms with Crippen molar-refractivity contribution in [2.75, 3.05) is 6.61 Å². The molecule has 100 valence electrons. The maximum Gasteiger partial charge on any atom is 0.523 e. The quantitative estimate of drug-likeness (QED) is 0.586. The Morgan fingerprint density at radius 3 is 2.06 bits per heavy atom. The molecule has 0 aromatic heterocycles. The minimum Gasteiger partial charge on any atom is -0.263 e. The van der Waals surface area contributed by atoms with Crippen molar-refractivity contribution in [3.05, 3.63) is 0 Å². The van der Waals surface area contributed by atoms with Crippen LogP contribution in [0, 0.1) is 11.3 Å². The van der Waals surface area contributed by atoms with E-state index in [0.29, 0.717) is 5.41 Å². The summed E-state index contributed by atoms with van der Waals surface area (Å²) in [6.07, 6.45) is 5.95. The molecular formula is C10H15F3O3S. The molecule has 1 spiro atoms. The Kier molecular flexibility index (Phi) is 3.18. The van der Waals surface area contributed by atoms with Crippen molar-refractivity contribution in [2.45, 2.75) is 44.0 Å². The van der Waals surface area contributed by atoms with Crippen LogP contribution in [-0.2, 0) is 14.3 Å². The molecular weight excluding hydrogens is 257 g/mol. The lowest BCUT2D eigenvalue weighted by Crippen LogP contribution is -2.29. The minimum atomic E-state index is -5.41. The third kappa shape index (κ3) is 2.93. The third-order valence-corrected chi connectivity index (χ3v) is 4.88. The van der Waals surface area contributed by atoms with E-state index in [0.717, 1.165) is 25.7 Å². The molecule has 0 saturated heterocycles. The van der Waals surface area contributed by atoms with Gasteiger partial charge in [-0.25, -0.2) is 0 Å². The van der Waals surface area contributed by atoms with Crippen molar-refractivity contribution in [3.63, 3.8) is 0 Å². The summed E-state index contributed by atoms with van der Waals surface area (Å²) in [6, 6.07) is 0. The fraction of sp³-hybridized carbons (Fsp3) is 1.00. The van der Waals surface area contributed by atoms with Crippen molar-refractivity contribution >= 4 is 10.1 Å². The molecule has 0 atom stereocenters. The van der Waals surface area contributed by atoms with Gasteiger partial charge in [-0.15, -0.1) is 0 Å². The fourth-order valence-corrected chi connectivity index (χ4v) is 2.89. The molecule has 2 saturated carbocycles. The summed E-state index contributed by atoms with van der Waals surface area (Å²) in [5.74, 6) is -0.0571. The molecule has 17 heavy (non-hydrogen) atoms. The van der Waals surface area contributed by atoms with E-state index in [1.807, 2.05) is 0 Å². The second-order valence-corrected chi connectivity index (χ2v) is 6.73. The highest BCUT2D eigenvalue weighted by Gasteiger charge is 2.48. The second-order valence-electron chi connectivity index (χ2n) is 5.13. The van der Waals surface area contributed by atoms with Gasteiger partial charge in [0.2, 0.25) is 0 Å². The summed E-state index contributed by atoms with van der Waals surface area (Å²) in [5, 5.41) is 0. The van der Waals surface area contributed by atoms with E-state index in [-0.39, 0.29) is 12.5 Å². The zero-order valence-electron chi connectivity index (χ0n) is 9.29. The summed E-state index contributed by atoms with van der Waals surface area (Å²) in [7, 11) is -5.41. The summed E-state index contributed by atoms with van der Waals surface area (Å²) >= 11 is 0. The van der Waals surface area contributed by atoms with Crippen LogP contribution in [0.3, 0.4) is 0 Å². The molecule has 2 rings (SSSR count). The first-order valence-corrected chi connectivity index (χ1v) is 7.11. The van der Waals surface area contributed by atoms with Crippen LogP contribution in [0.1, 0.15) is 38.5 Å². The van der Waals surface area contributed by atoms with Gasteiger partial charge in [0.1, 0.15) is 0 Å². The lowest BCUT2D eigenvalue weighted by molar-refractivity contribution is -0.0554. The molecule has 0 amide bonds. The minimum absolute atomic E-state index is 0.0571. The van der Waals surface area contributed by atoms with Gasteiger partial charge in [-0.1, -0.05) is 0 Å². The molecule has 0 radical (unpaired) electrons. The molecule has 0 N–H and O–H groups in total. The van der Waals surface area contributed by atoms with Crippen molar-refractivity contribution < 1.29 is 25.8 Å². The van der Waals surface area contributed by atoms with Crippen LogP contribution in [0.2, 0.25) is 0 Å². The molecule has 0 heterocycles. The molecule has 7 heteroatoms. The van der Waals surface area contributed by atoms with Crippen molar-refractivity contribution in [1.29, 1.82) is 0 Å². The molecule has 0 aromatic rings. The summed E-state index contributed by atoms with van der Waals surface area (Å²) < 4.78 is 61.5. The first-order chi connectivity index (χ1) is 7.74. The Morgan fingerprint density at radius 2 is 1.65 bits per heavy atom. The zero-order chi connectivity index (χ0) is 12.7. The first-order valence-electron chi connectivity index (χ1n) is 5.70. The number of alkyl halides is 3. The number of halogens is 3. The Labute approximate surface area is 98.5 Å². The Morgan fingerprint density at radius 1 is 1.12 bits per heavy atom. The number of hydrogen-bond acceptors (Lipinski definition) is 3. The monoisotopic (exact) mass is 272 g/mol. The summed E-state index contributed by atoms with van der Waals surface area (Å²) in [6.45, 7) is -0.335. The van der Waals surface area contributed by atoms with Crippen LogP contribution < -0.4 is 0 Å². The van der Waals surface area contributed by atoms with Crippen LogP contribution in [0.25, 0.3) is 0 Å². The number of hydrogen-bond donors (Lipinski definition) is 0. The van der Waals surface area contributed by atoms with E-state index in [1.54, 1.807) is 0 Å². The largest absolute Gasteiger partial charge is 0.523 e. The Bertz CT molecular complexity index is 374. The van der Waals surface area contributed by atoms with Gasteiger partial charge in [-0.2, -0.15) is 21.6 Å². The zero-order valence-corrected chi connectivity index (χ0v) is 10.1. The van der Waals surface area contributed by atoms with E-state index in [4.69, 9.17) is 0 Å². The van der Waals surface area contributed by atoms with Crippen molar-refractivity contribution in [2.24, 2.45) is 11.3 Å². The first kappa shape index (κ1) is 13.1. The van der Waals surface area contributed by atoms with Crippen LogP contribution >= 0.6 is 0 Å². The normalized spacial score (nSPS) is 25.1. The van der Waals surface area contributed by atoms with Gasteiger partial charge < -0.3 is 0 Å². The molecule has 0 bridgehead atoms. The highest BCUT2D eigenvalue weighted by Crippen LogP contribution is 2.57. The van der Waals surface area contributed by atoms with E-state index in [1.165, 1.54) is 12.8 Å². The maximum atomic E-state index is 12.0. The molecule has 2 fully saturated rings. The lowest BCUT2D eigenvalue weighted by Gasteiger charge is -2.27. The van der Waals surface area contributed by atoms with Gasteiger partial charge >= 0.3 is 15.6 Å². The van der Waals surface area contributed by atoms with Crippen LogP contribution in [0.4, 0.5) is 13.2 Å². The Hall–Kier alpha value is -0.300. The van der Waals surface area contributed by atoms with Crippen LogP contribution in [0.5, 0.6) is 0 Å². The predicted octanol–water partition coefficient (Wildman–Crippen LogP) is 2.82. The average molecular weight is 272 g/mol. The van der Waals surface area contributed by atoms with Gasteiger partial charge in [0.05, 0.1) is 6.61 Å². The summed E-state index contributed by atoms with van der Waals surface area (Å²) in [4.78, 5) is 0. The fourth-order valence-electron chi connectivity index (χ4n) is 2.39. The third-order valence-electron chi connectivity index (χ3n) is 3.87. The van der Waals surface area contributed by atoms with Gasteiger partial charge in [-0.3, -0.25) is 4.18 Å². The van der Waals surface area contributed by atoms with E-state index in [9.17, 15) is 21.6 Å². The van der Waals surface area contributed by atoms with Crippen LogP contribution in [0.15, 0.2) is 0 Å². The Balaban J connectivity index is 1.79. The maximum absolute atomic E-state index is 12.0. The molecule has 0 aromatic carbocycles. The van der Waals surface area contributed by atoms with Gasteiger partial charge in [0, 0.05) is 0 Å². The van der Waals surface area contributed by atoms with E-state index >= 15 is 0 Å². The van der Waals surface area contributed by atoms with Crippen LogP contribution in [-0.4, -0.2) is 20.5 Å². The molecule has 2 aliphatic carbocycles. The summed E-state index contributed by atoms with van der Waals surface area (Å²) in [5.41, 5.74) is -4.86. The number of rotatable bonds is 3. The van der Waals surface area contributed by atoms with Crippen molar-refractivity contribution in [1.82, 2.24) is 0 Å². The van der Waals surface area contributed by atoms with Gasteiger partial charge in [-0.05, 0) is 49.9 Å². The lowest BCUT2D eigenvalue weighted by atomic mass is 9.80. The van der Waals surface area contributed by atoms with Crippen molar-refractivity contribution in [3.8, 4) is 0 Å². The second kappa shape index (κ2) is 4.12. The molecule has 0 unspecified atom stereocenters.